The van der Waals surface area contributed by atoms with Gasteiger partial charge in [-0.3, -0.25) is 0 Å². The molecule has 0 saturated heterocycles. The molecule has 68 valence electrons. The molecule has 1 rings (SSSR count). The zero-order valence-corrected chi connectivity index (χ0v) is 6.80. The lowest BCUT2D eigenvalue weighted by atomic mass is 10.5. The first-order valence-corrected chi connectivity index (χ1v) is 3.65. The minimum Gasteiger partial charge on any atom is -0.337 e. The van der Waals surface area contributed by atoms with Crippen molar-refractivity contribution in [1.82, 2.24) is 14.9 Å². The molecule has 3 nitrogen and oxygen atoms in total. The lowest BCUT2D eigenvalue weighted by molar-refractivity contribution is 0.145. The second-order valence-corrected chi connectivity index (χ2v) is 2.48. The van der Waals surface area contributed by atoms with E-state index in [-0.39, 0.29) is 6.54 Å². The molecule has 1 aromatic rings. The van der Waals surface area contributed by atoms with E-state index >= 15 is 0 Å². The summed E-state index contributed by atoms with van der Waals surface area (Å²) >= 11 is 0. The maximum Gasteiger partial charge on any atom is 0.250 e. The average molecular weight is 175 g/mol. The number of nitrogens with zero attached hydrogens (tertiary/aromatic N) is 2. The summed E-state index contributed by atoms with van der Waals surface area (Å²) in [5, 5.41) is 2.59. The van der Waals surface area contributed by atoms with Gasteiger partial charge in [-0.05, 0) is 0 Å². The molecule has 5 heteroatoms. The molecule has 0 amide bonds. The summed E-state index contributed by atoms with van der Waals surface area (Å²) in [7, 11) is 1.83. The summed E-state index contributed by atoms with van der Waals surface area (Å²) in [5.41, 5.74) is 0. The summed E-state index contributed by atoms with van der Waals surface area (Å²) in [6.45, 7) is 0.0979. The fraction of sp³-hybridized carbons (Fsp3) is 0.571. The van der Waals surface area contributed by atoms with Crippen LogP contribution >= 0.6 is 0 Å². The Bertz CT molecular complexity index is 234. The SMILES string of the molecule is Cn1ccnc1CNCC(F)F. The van der Waals surface area contributed by atoms with Gasteiger partial charge in [0.25, 0.3) is 6.43 Å². The molecule has 1 heterocycles. The monoisotopic (exact) mass is 175 g/mol. The van der Waals surface area contributed by atoms with Crippen molar-refractivity contribution in [2.24, 2.45) is 7.05 Å². The molecule has 1 aromatic heterocycles. The Kier molecular flexibility index (Phi) is 3.16. The lowest BCUT2D eigenvalue weighted by Crippen LogP contribution is -2.22. The lowest BCUT2D eigenvalue weighted by Gasteiger charge is -2.03. The minimum atomic E-state index is -2.30. The molecular formula is C7H11F2N3. The third-order valence-corrected chi connectivity index (χ3v) is 1.50. The van der Waals surface area contributed by atoms with Gasteiger partial charge in [0.15, 0.2) is 0 Å². The van der Waals surface area contributed by atoms with E-state index in [0.717, 1.165) is 5.82 Å². The third kappa shape index (κ3) is 2.58. The van der Waals surface area contributed by atoms with Gasteiger partial charge in [0.1, 0.15) is 5.82 Å². The molecule has 0 aliphatic rings. The largest absolute Gasteiger partial charge is 0.337 e. The molecule has 12 heavy (non-hydrogen) atoms. The van der Waals surface area contributed by atoms with Crippen LogP contribution in [0.1, 0.15) is 5.82 Å². The van der Waals surface area contributed by atoms with E-state index in [4.69, 9.17) is 0 Å². The Hall–Kier alpha value is -0.970. The van der Waals surface area contributed by atoms with Crippen LogP contribution in [0.3, 0.4) is 0 Å². The van der Waals surface area contributed by atoms with E-state index in [1.165, 1.54) is 0 Å². The van der Waals surface area contributed by atoms with E-state index in [1.54, 1.807) is 17.0 Å². The van der Waals surface area contributed by atoms with E-state index < -0.39 is 6.43 Å². The maximum atomic E-state index is 11.7. The van der Waals surface area contributed by atoms with Crippen LogP contribution in [0.15, 0.2) is 12.4 Å². The molecule has 0 spiro atoms. The quantitative estimate of drug-likeness (QED) is 0.732. The van der Waals surface area contributed by atoms with Crippen LogP contribution in [0.5, 0.6) is 0 Å². The van der Waals surface area contributed by atoms with Crippen LogP contribution < -0.4 is 5.32 Å². The van der Waals surface area contributed by atoms with Crippen LogP contribution in [0.2, 0.25) is 0 Å². The van der Waals surface area contributed by atoms with Gasteiger partial charge in [0, 0.05) is 19.4 Å². The molecule has 0 unspecified atom stereocenters. The molecule has 0 radical (unpaired) electrons. The number of aryl methyl sites for hydroxylation is 1. The minimum absolute atomic E-state index is 0.285. The summed E-state index contributed by atoms with van der Waals surface area (Å²) in [6.07, 6.45) is 1.11. The standard InChI is InChI=1S/C7H11F2N3/c1-12-3-2-11-7(12)5-10-4-6(8)9/h2-3,6,10H,4-5H2,1H3. The number of hydrogen-bond donors (Lipinski definition) is 1. The number of hydrogen-bond acceptors (Lipinski definition) is 2. The summed E-state index contributed by atoms with van der Waals surface area (Å²) in [6, 6.07) is 0. The first kappa shape index (κ1) is 9.12. The molecule has 0 saturated carbocycles. The van der Waals surface area contributed by atoms with Gasteiger partial charge < -0.3 is 9.88 Å². The zero-order chi connectivity index (χ0) is 8.97. The van der Waals surface area contributed by atoms with Crippen LogP contribution in [-0.2, 0) is 13.6 Å². The summed E-state index contributed by atoms with van der Waals surface area (Å²) in [5.74, 6) is 0.760. The zero-order valence-electron chi connectivity index (χ0n) is 6.80. The summed E-state index contributed by atoms with van der Waals surface area (Å²) in [4.78, 5) is 3.97. The number of rotatable bonds is 4. The van der Waals surface area contributed by atoms with E-state index in [2.05, 4.69) is 10.3 Å². The smallest absolute Gasteiger partial charge is 0.250 e. The number of imidazole rings is 1. The van der Waals surface area contributed by atoms with Gasteiger partial charge in [0.2, 0.25) is 0 Å². The predicted molar refractivity (Wildman–Crippen MR) is 40.9 cm³/mol. The van der Waals surface area contributed by atoms with E-state index in [0.29, 0.717) is 6.54 Å². The highest BCUT2D eigenvalue weighted by Gasteiger charge is 2.02. The molecule has 0 fully saturated rings. The third-order valence-electron chi connectivity index (χ3n) is 1.50. The predicted octanol–water partition coefficient (Wildman–Crippen LogP) is 0.775. The van der Waals surface area contributed by atoms with Gasteiger partial charge in [-0.15, -0.1) is 0 Å². The molecule has 0 atom stereocenters. The van der Waals surface area contributed by atoms with Gasteiger partial charge in [0.05, 0.1) is 13.1 Å². The molecule has 0 aromatic carbocycles. The van der Waals surface area contributed by atoms with Crippen LogP contribution in [0.25, 0.3) is 0 Å². The Balaban J connectivity index is 2.29. The van der Waals surface area contributed by atoms with E-state index in [1.807, 2.05) is 7.05 Å². The molecule has 0 bridgehead atoms. The molecule has 0 aliphatic heterocycles. The van der Waals surface area contributed by atoms with Crippen molar-refractivity contribution in [2.45, 2.75) is 13.0 Å². The van der Waals surface area contributed by atoms with Crippen LogP contribution in [0, 0.1) is 0 Å². The fourth-order valence-electron chi connectivity index (χ4n) is 0.860. The van der Waals surface area contributed by atoms with Crippen LogP contribution in [0.4, 0.5) is 8.78 Å². The molecule has 0 aliphatic carbocycles. The van der Waals surface area contributed by atoms with Crippen molar-refractivity contribution < 1.29 is 8.78 Å². The van der Waals surface area contributed by atoms with Crippen molar-refractivity contribution in [1.29, 1.82) is 0 Å². The highest BCUT2D eigenvalue weighted by Crippen LogP contribution is 1.94. The van der Waals surface area contributed by atoms with Gasteiger partial charge in [-0.2, -0.15) is 0 Å². The van der Waals surface area contributed by atoms with Gasteiger partial charge in [-0.1, -0.05) is 0 Å². The maximum absolute atomic E-state index is 11.7. The Labute approximate surface area is 69.4 Å². The van der Waals surface area contributed by atoms with Gasteiger partial charge in [-0.25, -0.2) is 13.8 Å². The molecular weight excluding hydrogens is 164 g/mol. The van der Waals surface area contributed by atoms with Crippen molar-refractivity contribution >= 4 is 0 Å². The van der Waals surface area contributed by atoms with Crippen molar-refractivity contribution in [3.63, 3.8) is 0 Å². The normalized spacial score (nSPS) is 11.0. The highest BCUT2D eigenvalue weighted by atomic mass is 19.3. The fourth-order valence-corrected chi connectivity index (χ4v) is 0.860. The number of alkyl halides is 2. The molecule has 1 N–H and O–H groups in total. The van der Waals surface area contributed by atoms with Crippen LogP contribution in [-0.4, -0.2) is 22.5 Å². The van der Waals surface area contributed by atoms with Gasteiger partial charge >= 0.3 is 0 Å². The highest BCUT2D eigenvalue weighted by molar-refractivity contribution is 4.90. The summed E-state index contributed by atoms with van der Waals surface area (Å²) < 4.78 is 25.1. The van der Waals surface area contributed by atoms with Crippen molar-refractivity contribution in [3.8, 4) is 0 Å². The second kappa shape index (κ2) is 4.15. The van der Waals surface area contributed by atoms with Crippen molar-refractivity contribution in [2.75, 3.05) is 6.54 Å². The van der Waals surface area contributed by atoms with E-state index in [9.17, 15) is 8.78 Å². The number of nitrogens with one attached hydrogen (secondary N) is 1. The Morgan fingerprint density at radius 1 is 1.67 bits per heavy atom. The first-order valence-electron chi connectivity index (χ1n) is 3.65. The first-order chi connectivity index (χ1) is 5.70. The Morgan fingerprint density at radius 2 is 2.42 bits per heavy atom. The average Bonchev–Trinajstić information content (AvgIpc) is 2.36. The number of halogens is 2. The second-order valence-electron chi connectivity index (χ2n) is 2.48. The topological polar surface area (TPSA) is 29.9 Å². The van der Waals surface area contributed by atoms with Crippen molar-refractivity contribution in [3.05, 3.63) is 18.2 Å². The Morgan fingerprint density at radius 3 is 2.92 bits per heavy atom. The number of aromatic nitrogens is 2.